The largest absolute Gasteiger partial charge is 0.494 e. The van der Waals surface area contributed by atoms with Crippen LogP contribution in [-0.4, -0.2) is 28.6 Å². The summed E-state index contributed by atoms with van der Waals surface area (Å²) >= 11 is 5.94. The van der Waals surface area contributed by atoms with E-state index >= 15 is 0 Å². The second kappa shape index (κ2) is 9.90. The van der Waals surface area contributed by atoms with Crippen molar-refractivity contribution in [2.24, 2.45) is 0 Å². The molecule has 1 atom stereocenters. The normalized spacial score (nSPS) is 15.9. The average Bonchev–Trinajstić information content (AvgIpc) is 3.40. The molecular weight excluding hydrogens is 446 g/mol. The van der Waals surface area contributed by atoms with Crippen LogP contribution in [0.15, 0.2) is 72.8 Å². The molecule has 3 aromatic carbocycles. The van der Waals surface area contributed by atoms with Gasteiger partial charge in [-0.2, -0.15) is 0 Å². The molecule has 5 nitrogen and oxygen atoms in total. The fourth-order valence-electron chi connectivity index (χ4n) is 4.66. The smallest absolute Gasteiger partial charge is 0.227 e. The van der Waals surface area contributed by atoms with Crippen LogP contribution in [0.5, 0.6) is 5.75 Å². The lowest BCUT2D eigenvalue weighted by molar-refractivity contribution is -0.117. The van der Waals surface area contributed by atoms with Crippen molar-refractivity contribution in [3.63, 3.8) is 0 Å². The van der Waals surface area contributed by atoms with Gasteiger partial charge in [0, 0.05) is 36.1 Å². The number of amides is 1. The number of nitrogens with zero attached hydrogens (tertiary/aromatic N) is 3. The summed E-state index contributed by atoms with van der Waals surface area (Å²) in [6.07, 6.45) is 2.37. The van der Waals surface area contributed by atoms with E-state index in [1.807, 2.05) is 59.5 Å². The van der Waals surface area contributed by atoms with Crippen LogP contribution in [-0.2, 0) is 11.3 Å². The predicted molar refractivity (Wildman–Crippen MR) is 137 cm³/mol. The number of carbonyl (C=O) groups excluding carboxylic acids is 1. The minimum absolute atomic E-state index is 0.0747. The van der Waals surface area contributed by atoms with Crippen molar-refractivity contribution in [1.29, 1.82) is 0 Å². The maximum Gasteiger partial charge on any atom is 0.227 e. The number of benzene rings is 3. The van der Waals surface area contributed by atoms with Gasteiger partial charge in [-0.15, -0.1) is 0 Å². The van der Waals surface area contributed by atoms with Gasteiger partial charge < -0.3 is 14.2 Å². The van der Waals surface area contributed by atoms with Crippen LogP contribution in [0.25, 0.3) is 11.0 Å². The standard InChI is InChI=1S/C28H28ClN3O2/c1-20-7-6-8-23(17-20)32-19-21(18-27(32)33)28-30-25-9-2-3-10-26(25)31(28)15-4-5-16-34-24-13-11-22(29)12-14-24/h2-3,6-14,17,21H,4-5,15-16,18-19H2,1H3/t21-/m0/s1. The lowest BCUT2D eigenvalue weighted by atomic mass is 10.1. The number of hydrogen-bond donors (Lipinski definition) is 0. The Labute approximate surface area is 204 Å². The molecule has 5 rings (SSSR count). The van der Waals surface area contributed by atoms with Gasteiger partial charge in [-0.25, -0.2) is 4.98 Å². The van der Waals surface area contributed by atoms with Crippen molar-refractivity contribution >= 4 is 34.2 Å². The number of anilines is 1. The van der Waals surface area contributed by atoms with E-state index in [4.69, 9.17) is 21.3 Å². The highest BCUT2D eigenvalue weighted by Gasteiger charge is 2.34. The second-order valence-corrected chi connectivity index (χ2v) is 9.30. The van der Waals surface area contributed by atoms with Crippen LogP contribution < -0.4 is 9.64 Å². The van der Waals surface area contributed by atoms with Crippen molar-refractivity contribution in [3.05, 3.63) is 89.2 Å². The third kappa shape index (κ3) is 4.80. The van der Waals surface area contributed by atoms with Crippen molar-refractivity contribution in [1.82, 2.24) is 9.55 Å². The second-order valence-electron chi connectivity index (χ2n) is 8.86. The molecular formula is C28H28ClN3O2. The highest BCUT2D eigenvalue weighted by Crippen LogP contribution is 2.33. The first-order valence-electron chi connectivity index (χ1n) is 11.8. The van der Waals surface area contributed by atoms with E-state index in [-0.39, 0.29) is 11.8 Å². The number of hydrogen-bond acceptors (Lipinski definition) is 3. The minimum Gasteiger partial charge on any atom is -0.494 e. The first kappa shape index (κ1) is 22.5. The number of aryl methyl sites for hydroxylation is 2. The first-order chi connectivity index (χ1) is 16.6. The van der Waals surface area contributed by atoms with Gasteiger partial charge >= 0.3 is 0 Å². The Morgan fingerprint density at radius 2 is 1.85 bits per heavy atom. The molecule has 0 bridgehead atoms. The first-order valence-corrected chi connectivity index (χ1v) is 12.2. The Bertz CT molecular complexity index is 1300. The van der Waals surface area contributed by atoms with E-state index in [0.29, 0.717) is 24.6 Å². The van der Waals surface area contributed by atoms with Gasteiger partial charge in [-0.1, -0.05) is 35.9 Å². The summed E-state index contributed by atoms with van der Waals surface area (Å²) in [5, 5.41) is 0.707. The maximum atomic E-state index is 12.9. The lowest BCUT2D eigenvalue weighted by Crippen LogP contribution is -2.24. The Hall–Kier alpha value is -3.31. The predicted octanol–water partition coefficient (Wildman–Crippen LogP) is 6.38. The third-order valence-corrected chi connectivity index (χ3v) is 6.60. The number of imidazole rings is 1. The van der Waals surface area contributed by atoms with Crippen molar-refractivity contribution < 1.29 is 9.53 Å². The molecule has 1 saturated heterocycles. The Balaban J connectivity index is 1.29. The van der Waals surface area contributed by atoms with Gasteiger partial charge in [0.2, 0.25) is 5.91 Å². The third-order valence-electron chi connectivity index (χ3n) is 6.35. The van der Waals surface area contributed by atoms with Gasteiger partial charge in [-0.05, 0) is 73.9 Å². The Morgan fingerprint density at radius 1 is 1.03 bits per heavy atom. The van der Waals surface area contributed by atoms with Crippen LogP contribution >= 0.6 is 11.6 Å². The molecule has 0 radical (unpaired) electrons. The molecule has 34 heavy (non-hydrogen) atoms. The summed E-state index contributed by atoms with van der Waals surface area (Å²) in [7, 11) is 0. The number of fused-ring (bicyclic) bond motifs is 1. The zero-order valence-corrected chi connectivity index (χ0v) is 20.0. The number of para-hydroxylation sites is 2. The fourth-order valence-corrected chi connectivity index (χ4v) is 4.79. The molecule has 4 aromatic rings. The molecule has 1 aliphatic heterocycles. The van der Waals surface area contributed by atoms with Gasteiger partial charge in [0.25, 0.3) is 0 Å². The quantitative estimate of drug-likeness (QED) is 0.279. The molecule has 1 aromatic heterocycles. The number of rotatable bonds is 8. The summed E-state index contributed by atoms with van der Waals surface area (Å²) in [5.74, 6) is 2.07. The van der Waals surface area contributed by atoms with E-state index in [9.17, 15) is 4.79 Å². The van der Waals surface area contributed by atoms with Gasteiger partial charge in [0.1, 0.15) is 11.6 Å². The molecule has 0 N–H and O–H groups in total. The maximum absolute atomic E-state index is 12.9. The highest BCUT2D eigenvalue weighted by atomic mass is 35.5. The summed E-state index contributed by atoms with van der Waals surface area (Å²) < 4.78 is 8.15. The van der Waals surface area contributed by atoms with Gasteiger partial charge in [0.15, 0.2) is 0 Å². The number of unbranched alkanes of at least 4 members (excludes halogenated alkanes) is 1. The summed E-state index contributed by atoms with van der Waals surface area (Å²) in [4.78, 5) is 19.8. The highest BCUT2D eigenvalue weighted by molar-refractivity contribution is 6.30. The van der Waals surface area contributed by atoms with Crippen molar-refractivity contribution in [3.8, 4) is 5.75 Å². The van der Waals surface area contributed by atoms with E-state index in [2.05, 4.69) is 29.7 Å². The van der Waals surface area contributed by atoms with Crippen LogP contribution in [0.2, 0.25) is 5.02 Å². The number of aromatic nitrogens is 2. The van der Waals surface area contributed by atoms with Crippen LogP contribution in [0.1, 0.15) is 36.6 Å². The lowest BCUT2D eigenvalue weighted by Gasteiger charge is -2.18. The average molecular weight is 474 g/mol. The van der Waals surface area contributed by atoms with Crippen molar-refractivity contribution in [2.75, 3.05) is 18.1 Å². The van der Waals surface area contributed by atoms with Crippen LogP contribution in [0, 0.1) is 6.92 Å². The van der Waals surface area contributed by atoms with Gasteiger partial charge in [0.05, 0.1) is 17.6 Å². The molecule has 1 fully saturated rings. The number of halogens is 1. The SMILES string of the molecule is Cc1cccc(N2C[C@@H](c3nc4ccccc4n3CCCCOc3ccc(Cl)cc3)CC2=O)c1. The van der Waals surface area contributed by atoms with E-state index in [0.717, 1.165) is 53.2 Å². The van der Waals surface area contributed by atoms with Crippen LogP contribution in [0.4, 0.5) is 5.69 Å². The van der Waals surface area contributed by atoms with E-state index in [1.165, 1.54) is 0 Å². The van der Waals surface area contributed by atoms with Crippen molar-refractivity contribution in [2.45, 2.75) is 38.6 Å². The zero-order chi connectivity index (χ0) is 23.5. The van der Waals surface area contributed by atoms with E-state index in [1.54, 1.807) is 0 Å². The molecule has 0 unspecified atom stereocenters. The Kier molecular flexibility index (Phi) is 6.54. The van der Waals surface area contributed by atoms with Gasteiger partial charge in [-0.3, -0.25) is 4.79 Å². The molecule has 2 heterocycles. The van der Waals surface area contributed by atoms with E-state index < -0.39 is 0 Å². The molecule has 174 valence electrons. The topological polar surface area (TPSA) is 47.4 Å². The Morgan fingerprint density at radius 3 is 2.68 bits per heavy atom. The molecule has 6 heteroatoms. The summed E-state index contributed by atoms with van der Waals surface area (Å²) in [6, 6.07) is 23.8. The molecule has 0 saturated carbocycles. The molecule has 1 amide bonds. The fraction of sp³-hybridized carbons (Fsp3) is 0.286. The number of carbonyl (C=O) groups is 1. The summed E-state index contributed by atoms with van der Waals surface area (Å²) in [5.41, 5.74) is 4.23. The molecule has 0 aliphatic carbocycles. The zero-order valence-electron chi connectivity index (χ0n) is 19.3. The summed E-state index contributed by atoms with van der Waals surface area (Å²) in [6.45, 7) is 4.20. The van der Waals surface area contributed by atoms with Crippen LogP contribution in [0.3, 0.4) is 0 Å². The molecule has 1 aliphatic rings. The molecule has 0 spiro atoms. The monoisotopic (exact) mass is 473 g/mol. The number of ether oxygens (including phenoxy) is 1. The minimum atomic E-state index is 0.0747.